The fourth-order valence-corrected chi connectivity index (χ4v) is 1.04. The maximum Gasteiger partial charge on any atom is 0.00892 e. The minimum atomic E-state index is 0. The van der Waals surface area contributed by atoms with Crippen molar-refractivity contribution in [3.8, 4) is 12.3 Å². The van der Waals surface area contributed by atoms with E-state index in [1.165, 1.54) is 5.56 Å². The molecule has 0 N–H and O–H groups in total. The summed E-state index contributed by atoms with van der Waals surface area (Å²) in [7, 11) is 0. The quantitative estimate of drug-likeness (QED) is 0.547. The number of benzene rings is 1. The second kappa shape index (κ2) is 6.94. The van der Waals surface area contributed by atoms with Crippen LogP contribution < -0.4 is 0 Å². The molecule has 0 heterocycles. The van der Waals surface area contributed by atoms with Crippen LogP contribution in [0.1, 0.15) is 18.4 Å². The molecule has 0 radical (unpaired) electrons. The highest BCUT2D eigenvalue weighted by molar-refractivity contribution is 8.93. The fourth-order valence-electron chi connectivity index (χ4n) is 1.04. The molecule has 0 amide bonds. The maximum absolute atomic E-state index is 5.14. The molecule has 0 aliphatic heterocycles. The third-order valence-corrected chi connectivity index (χ3v) is 1.63. The first kappa shape index (κ1) is 11.3. The van der Waals surface area contributed by atoms with Gasteiger partial charge >= 0.3 is 0 Å². The van der Waals surface area contributed by atoms with E-state index in [1.807, 2.05) is 6.07 Å². The minimum absolute atomic E-state index is 0. The Morgan fingerprint density at radius 1 is 1.17 bits per heavy atom. The molecule has 0 spiro atoms. The first-order valence-corrected chi connectivity index (χ1v) is 3.91. The van der Waals surface area contributed by atoms with Gasteiger partial charge in [-0.25, -0.2) is 0 Å². The summed E-state index contributed by atoms with van der Waals surface area (Å²) in [4.78, 5) is 0. The topological polar surface area (TPSA) is 0 Å². The molecule has 0 aromatic heterocycles. The molecule has 0 atom stereocenters. The third-order valence-electron chi connectivity index (χ3n) is 1.63. The van der Waals surface area contributed by atoms with Gasteiger partial charge in [0.1, 0.15) is 0 Å². The summed E-state index contributed by atoms with van der Waals surface area (Å²) in [6.45, 7) is 0. The molecule has 0 saturated heterocycles. The molecule has 0 bridgehead atoms. The van der Waals surface area contributed by atoms with Crippen LogP contribution in [0.15, 0.2) is 30.3 Å². The van der Waals surface area contributed by atoms with Gasteiger partial charge in [-0.2, -0.15) is 0 Å². The molecule has 0 saturated carbocycles. The monoisotopic (exact) mass is 224 g/mol. The Hall–Kier alpha value is -0.740. The van der Waals surface area contributed by atoms with E-state index in [4.69, 9.17) is 6.42 Å². The standard InChI is InChI=1S/C11H12.BrH/c1-2-3-5-8-11-9-6-4-7-10-11;/h1,4,6-7,9-10H,3,5,8H2;1H. The first-order chi connectivity index (χ1) is 5.43. The zero-order chi connectivity index (χ0) is 7.94. The number of hydrogen-bond donors (Lipinski definition) is 0. The first-order valence-electron chi connectivity index (χ1n) is 3.91. The van der Waals surface area contributed by atoms with Crippen LogP contribution in [-0.4, -0.2) is 0 Å². The number of aryl methyl sites for hydroxylation is 1. The van der Waals surface area contributed by atoms with Crippen LogP contribution in [-0.2, 0) is 6.42 Å². The Kier molecular flexibility index (Phi) is 6.51. The summed E-state index contributed by atoms with van der Waals surface area (Å²) in [5.74, 6) is 2.64. The lowest BCUT2D eigenvalue weighted by molar-refractivity contribution is 0.858. The van der Waals surface area contributed by atoms with E-state index in [1.54, 1.807) is 0 Å². The van der Waals surface area contributed by atoms with Crippen LogP contribution in [0.4, 0.5) is 0 Å². The smallest absolute Gasteiger partial charge is 0.00892 e. The van der Waals surface area contributed by atoms with Crippen molar-refractivity contribution in [3.05, 3.63) is 35.9 Å². The molecule has 0 aliphatic carbocycles. The van der Waals surface area contributed by atoms with Gasteiger partial charge in [-0.1, -0.05) is 30.3 Å². The number of terminal acetylenes is 1. The molecule has 1 aromatic rings. The highest BCUT2D eigenvalue weighted by Gasteiger charge is 1.88. The van der Waals surface area contributed by atoms with Crippen molar-refractivity contribution in [2.45, 2.75) is 19.3 Å². The molecule has 0 aliphatic rings. The predicted molar refractivity (Wildman–Crippen MR) is 58.5 cm³/mol. The van der Waals surface area contributed by atoms with E-state index < -0.39 is 0 Å². The lowest BCUT2D eigenvalue weighted by Crippen LogP contribution is -1.82. The molecule has 1 aromatic carbocycles. The molecular weight excluding hydrogens is 212 g/mol. The van der Waals surface area contributed by atoms with Crippen LogP contribution in [0.3, 0.4) is 0 Å². The van der Waals surface area contributed by atoms with Gasteiger partial charge in [0.15, 0.2) is 0 Å². The molecule has 64 valence electrons. The maximum atomic E-state index is 5.14. The molecule has 1 rings (SSSR count). The van der Waals surface area contributed by atoms with Crippen molar-refractivity contribution in [2.24, 2.45) is 0 Å². The number of rotatable bonds is 3. The normalized spacial score (nSPS) is 8.25. The van der Waals surface area contributed by atoms with Crippen LogP contribution >= 0.6 is 17.0 Å². The van der Waals surface area contributed by atoms with Gasteiger partial charge in [0.2, 0.25) is 0 Å². The highest BCUT2D eigenvalue weighted by Crippen LogP contribution is 2.03. The Morgan fingerprint density at radius 3 is 2.42 bits per heavy atom. The summed E-state index contributed by atoms with van der Waals surface area (Å²) >= 11 is 0. The lowest BCUT2D eigenvalue weighted by Gasteiger charge is -1.96. The van der Waals surface area contributed by atoms with E-state index in [0.717, 1.165) is 19.3 Å². The average Bonchev–Trinajstić information content (AvgIpc) is 2.07. The summed E-state index contributed by atoms with van der Waals surface area (Å²) in [6.07, 6.45) is 8.23. The Bertz CT molecular complexity index is 233. The predicted octanol–water partition coefficient (Wildman–Crippen LogP) is 3.22. The lowest BCUT2D eigenvalue weighted by atomic mass is 10.1. The largest absolute Gasteiger partial charge is 0.120 e. The van der Waals surface area contributed by atoms with Crippen LogP contribution in [0.2, 0.25) is 0 Å². The van der Waals surface area contributed by atoms with Crippen molar-refractivity contribution in [2.75, 3.05) is 0 Å². The SMILES string of the molecule is Br.C#CCCCc1ccccc1. The van der Waals surface area contributed by atoms with Gasteiger partial charge in [0.05, 0.1) is 0 Å². The Morgan fingerprint density at radius 2 is 1.83 bits per heavy atom. The van der Waals surface area contributed by atoms with Gasteiger partial charge < -0.3 is 0 Å². The van der Waals surface area contributed by atoms with Crippen molar-refractivity contribution >= 4 is 17.0 Å². The van der Waals surface area contributed by atoms with Crippen LogP contribution in [0.5, 0.6) is 0 Å². The van der Waals surface area contributed by atoms with Gasteiger partial charge in [0, 0.05) is 6.42 Å². The van der Waals surface area contributed by atoms with Crippen molar-refractivity contribution in [1.29, 1.82) is 0 Å². The third kappa shape index (κ3) is 4.20. The van der Waals surface area contributed by atoms with Gasteiger partial charge in [-0.05, 0) is 18.4 Å². The number of unbranched alkanes of at least 4 members (excludes halogenated alkanes) is 1. The summed E-state index contributed by atoms with van der Waals surface area (Å²) in [5, 5.41) is 0. The summed E-state index contributed by atoms with van der Waals surface area (Å²) in [5.41, 5.74) is 1.38. The minimum Gasteiger partial charge on any atom is -0.120 e. The van der Waals surface area contributed by atoms with Crippen molar-refractivity contribution in [3.63, 3.8) is 0 Å². The molecule has 0 fully saturated rings. The van der Waals surface area contributed by atoms with E-state index in [0.29, 0.717) is 0 Å². The van der Waals surface area contributed by atoms with E-state index >= 15 is 0 Å². The second-order valence-corrected chi connectivity index (χ2v) is 2.54. The zero-order valence-corrected chi connectivity index (χ0v) is 8.71. The zero-order valence-electron chi connectivity index (χ0n) is 6.99. The van der Waals surface area contributed by atoms with Crippen LogP contribution in [0.25, 0.3) is 0 Å². The summed E-state index contributed by atoms with van der Waals surface area (Å²) < 4.78 is 0. The Labute approximate surface area is 84.8 Å². The molecular formula is C11H13Br. The van der Waals surface area contributed by atoms with E-state index in [2.05, 4.69) is 30.2 Å². The van der Waals surface area contributed by atoms with E-state index in [-0.39, 0.29) is 17.0 Å². The fraction of sp³-hybridized carbons (Fsp3) is 0.273. The molecule has 0 unspecified atom stereocenters. The molecule has 1 heteroatoms. The summed E-state index contributed by atoms with van der Waals surface area (Å²) in [6, 6.07) is 10.4. The number of hydrogen-bond acceptors (Lipinski definition) is 0. The van der Waals surface area contributed by atoms with Gasteiger partial charge in [0.25, 0.3) is 0 Å². The number of halogens is 1. The molecule has 12 heavy (non-hydrogen) atoms. The van der Waals surface area contributed by atoms with Gasteiger partial charge in [-0.3, -0.25) is 0 Å². The second-order valence-electron chi connectivity index (χ2n) is 2.54. The van der Waals surface area contributed by atoms with Gasteiger partial charge in [-0.15, -0.1) is 29.3 Å². The molecule has 0 nitrogen and oxygen atoms in total. The van der Waals surface area contributed by atoms with E-state index in [9.17, 15) is 0 Å². The van der Waals surface area contributed by atoms with Crippen LogP contribution in [0, 0.1) is 12.3 Å². The average molecular weight is 225 g/mol. The Balaban J connectivity index is 0.00000121. The van der Waals surface area contributed by atoms with Crippen molar-refractivity contribution < 1.29 is 0 Å². The van der Waals surface area contributed by atoms with Crippen molar-refractivity contribution in [1.82, 2.24) is 0 Å². The highest BCUT2D eigenvalue weighted by atomic mass is 79.9.